The molecule has 17 heavy (non-hydrogen) atoms. The van der Waals surface area contributed by atoms with E-state index in [0.29, 0.717) is 18.4 Å². The van der Waals surface area contributed by atoms with Crippen LogP contribution in [0.25, 0.3) is 0 Å². The minimum Gasteiger partial charge on any atom is -0.393 e. The number of morpholine rings is 1. The van der Waals surface area contributed by atoms with Gasteiger partial charge in [-0.05, 0) is 12.8 Å². The van der Waals surface area contributed by atoms with Gasteiger partial charge < -0.3 is 20.5 Å². The van der Waals surface area contributed by atoms with E-state index < -0.39 is 0 Å². The normalized spacial score (nSPS) is 30.2. The second-order valence-electron chi connectivity index (χ2n) is 4.56. The first-order valence-corrected chi connectivity index (χ1v) is 6.08. The molecule has 0 radical (unpaired) electrons. The monoisotopic (exact) mass is 355 g/mol. The van der Waals surface area contributed by atoms with Crippen LogP contribution >= 0.6 is 24.0 Å². The average molecular weight is 355 g/mol. The number of nitrogens with zero attached hydrogens (tertiary/aromatic N) is 2. The lowest BCUT2D eigenvalue weighted by molar-refractivity contribution is 0.0672. The summed E-state index contributed by atoms with van der Waals surface area (Å²) in [7, 11) is 0. The number of hydrogen-bond donors (Lipinski definition) is 2. The molecule has 0 spiro atoms. The number of aliphatic hydroxyl groups excluding tert-OH is 1. The fourth-order valence-corrected chi connectivity index (χ4v) is 2.33. The van der Waals surface area contributed by atoms with E-state index in [2.05, 4.69) is 4.99 Å². The molecule has 1 aliphatic heterocycles. The van der Waals surface area contributed by atoms with Crippen molar-refractivity contribution in [3.63, 3.8) is 0 Å². The third-order valence-electron chi connectivity index (χ3n) is 3.44. The second-order valence-corrected chi connectivity index (χ2v) is 4.56. The van der Waals surface area contributed by atoms with E-state index in [1.54, 1.807) is 0 Å². The van der Waals surface area contributed by atoms with E-state index >= 15 is 0 Å². The minimum atomic E-state index is -0.179. The van der Waals surface area contributed by atoms with Crippen LogP contribution < -0.4 is 5.73 Å². The number of rotatable bonds is 2. The van der Waals surface area contributed by atoms with Crippen LogP contribution in [0.3, 0.4) is 0 Å². The molecule has 3 N–H and O–H groups in total. The molecule has 0 aromatic carbocycles. The SMILES string of the molecule is I.NC(=NCC1CCCC1O)N1CCOCC1. The maximum absolute atomic E-state index is 9.67. The summed E-state index contributed by atoms with van der Waals surface area (Å²) in [4.78, 5) is 6.43. The van der Waals surface area contributed by atoms with Gasteiger partial charge in [0.15, 0.2) is 5.96 Å². The Hall–Kier alpha value is -0.0800. The van der Waals surface area contributed by atoms with Gasteiger partial charge in [0.25, 0.3) is 0 Å². The van der Waals surface area contributed by atoms with Gasteiger partial charge in [-0.15, -0.1) is 24.0 Å². The van der Waals surface area contributed by atoms with Crippen LogP contribution in [0.15, 0.2) is 4.99 Å². The molecule has 2 fully saturated rings. The Bertz CT molecular complexity index is 257. The quantitative estimate of drug-likeness (QED) is 0.428. The molecule has 2 unspecified atom stereocenters. The molecule has 0 bridgehead atoms. The molecule has 1 aliphatic carbocycles. The molecule has 6 heteroatoms. The molecule has 2 aliphatic rings. The number of nitrogens with two attached hydrogens (primary N) is 1. The highest BCUT2D eigenvalue weighted by atomic mass is 127. The number of hydrogen-bond acceptors (Lipinski definition) is 3. The number of guanidine groups is 1. The highest BCUT2D eigenvalue weighted by Crippen LogP contribution is 2.25. The topological polar surface area (TPSA) is 71.1 Å². The lowest BCUT2D eigenvalue weighted by atomic mass is 10.1. The lowest BCUT2D eigenvalue weighted by Gasteiger charge is -2.27. The fourth-order valence-electron chi connectivity index (χ4n) is 2.33. The van der Waals surface area contributed by atoms with Gasteiger partial charge in [0, 0.05) is 25.6 Å². The van der Waals surface area contributed by atoms with Crippen LogP contribution in [0.1, 0.15) is 19.3 Å². The van der Waals surface area contributed by atoms with Crippen LogP contribution in [0.5, 0.6) is 0 Å². The summed E-state index contributed by atoms with van der Waals surface area (Å²) in [5.41, 5.74) is 5.91. The number of aliphatic imine (C=N–C) groups is 1. The Kier molecular flexibility index (Phi) is 6.50. The van der Waals surface area contributed by atoms with E-state index in [0.717, 1.165) is 45.6 Å². The van der Waals surface area contributed by atoms with Crippen molar-refractivity contribution in [3.05, 3.63) is 0 Å². The first kappa shape index (κ1) is 15.0. The Morgan fingerprint density at radius 3 is 2.65 bits per heavy atom. The van der Waals surface area contributed by atoms with Crippen molar-refractivity contribution < 1.29 is 9.84 Å². The Balaban J connectivity index is 0.00000144. The van der Waals surface area contributed by atoms with Crippen LogP contribution in [-0.4, -0.2) is 54.9 Å². The standard InChI is InChI=1S/C11H21N3O2.HI/c12-11(14-4-6-16-7-5-14)13-8-9-2-1-3-10(9)15;/h9-10,15H,1-8H2,(H2,12,13);1H. The van der Waals surface area contributed by atoms with Crippen molar-refractivity contribution >= 4 is 29.9 Å². The Morgan fingerprint density at radius 2 is 2.06 bits per heavy atom. The van der Waals surface area contributed by atoms with Crippen molar-refractivity contribution in [2.24, 2.45) is 16.6 Å². The molecule has 2 rings (SSSR count). The Labute approximate surface area is 119 Å². The van der Waals surface area contributed by atoms with Crippen LogP contribution in [0.4, 0.5) is 0 Å². The van der Waals surface area contributed by atoms with Crippen LogP contribution in [-0.2, 0) is 4.74 Å². The van der Waals surface area contributed by atoms with Gasteiger partial charge in [-0.1, -0.05) is 6.42 Å². The molecular formula is C11H22IN3O2. The molecule has 5 nitrogen and oxygen atoms in total. The third-order valence-corrected chi connectivity index (χ3v) is 3.44. The fraction of sp³-hybridized carbons (Fsp3) is 0.909. The summed E-state index contributed by atoms with van der Waals surface area (Å²) in [6.45, 7) is 3.75. The largest absolute Gasteiger partial charge is 0.393 e. The second kappa shape index (κ2) is 7.38. The van der Waals surface area contributed by atoms with Gasteiger partial charge in [-0.2, -0.15) is 0 Å². The molecule has 1 saturated heterocycles. The maximum Gasteiger partial charge on any atom is 0.191 e. The number of halogens is 1. The van der Waals surface area contributed by atoms with E-state index in [-0.39, 0.29) is 30.1 Å². The van der Waals surface area contributed by atoms with E-state index in [1.165, 1.54) is 0 Å². The van der Waals surface area contributed by atoms with Gasteiger partial charge in [-0.3, -0.25) is 4.99 Å². The third kappa shape index (κ3) is 4.26. The number of ether oxygens (including phenoxy) is 1. The van der Waals surface area contributed by atoms with Gasteiger partial charge in [0.1, 0.15) is 0 Å². The highest BCUT2D eigenvalue weighted by molar-refractivity contribution is 14.0. The zero-order chi connectivity index (χ0) is 11.4. The van der Waals surface area contributed by atoms with Crippen LogP contribution in [0, 0.1) is 5.92 Å². The summed E-state index contributed by atoms with van der Waals surface area (Å²) in [6, 6.07) is 0. The lowest BCUT2D eigenvalue weighted by Crippen LogP contribution is -2.45. The molecule has 0 amide bonds. The van der Waals surface area contributed by atoms with Crippen molar-refractivity contribution in [2.75, 3.05) is 32.8 Å². The highest BCUT2D eigenvalue weighted by Gasteiger charge is 2.25. The molecule has 1 saturated carbocycles. The summed E-state index contributed by atoms with van der Waals surface area (Å²) < 4.78 is 5.25. The van der Waals surface area contributed by atoms with E-state index in [1.807, 2.05) is 4.90 Å². The summed E-state index contributed by atoms with van der Waals surface area (Å²) in [6.07, 6.45) is 2.92. The van der Waals surface area contributed by atoms with Crippen molar-refractivity contribution in [1.82, 2.24) is 4.90 Å². The zero-order valence-electron chi connectivity index (χ0n) is 10.0. The van der Waals surface area contributed by atoms with Crippen molar-refractivity contribution in [3.8, 4) is 0 Å². The zero-order valence-corrected chi connectivity index (χ0v) is 12.4. The predicted octanol–water partition coefficient (Wildman–Crippen LogP) is 0.412. The molecular weight excluding hydrogens is 333 g/mol. The van der Waals surface area contributed by atoms with Crippen molar-refractivity contribution in [2.45, 2.75) is 25.4 Å². The first-order valence-electron chi connectivity index (χ1n) is 6.08. The summed E-state index contributed by atoms with van der Waals surface area (Å²) in [5.74, 6) is 0.905. The van der Waals surface area contributed by atoms with Crippen molar-refractivity contribution in [1.29, 1.82) is 0 Å². The van der Waals surface area contributed by atoms with E-state index in [9.17, 15) is 5.11 Å². The summed E-state index contributed by atoms with van der Waals surface area (Å²) >= 11 is 0. The molecule has 2 atom stereocenters. The van der Waals surface area contributed by atoms with Crippen LogP contribution in [0.2, 0.25) is 0 Å². The maximum atomic E-state index is 9.67. The first-order chi connectivity index (χ1) is 7.77. The smallest absolute Gasteiger partial charge is 0.191 e. The molecule has 1 heterocycles. The molecule has 0 aromatic rings. The van der Waals surface area contributed by atoms with Gasteiger partial charge in [0.2, 0.25) is 0 Å². The van der Waals surface area contributed by atoms with Gasteiger partial charge >= 0.3 is 0 Å². The Morgan fingerprint density at radius 1 is 1.35 bits per heavy atom. The van der Waals surface area contributed by atoms with Gasteiger partial charge in [0.05, 0.1) is 19.3 Å². The average Bonchev–Trinajstić information content (AvgIpc) is 2.73. The number of aliphatic hydroxyl groups is 1. The van der Waals surface area contributed by atoms with Gasteiger partial charge in [-0.25, -0.2) is 0 Å². The molecule has 0 aromatic heterocycles. The minimum absolute atomic E-state index is 0. The summed E-state index contributed by atoms with van der Waals surface area (Å²) in [5, 5.41) is 9.67. The van der Waals surface area contributed by atoms with E-state index in [4.69, 9.17) is 10.5 Å². The predicted molar refractivity (Wildman–Crippen MR) is 77.6 cm³/mol. The molecule has 100 valence electrons.